The predicted octanol–water partition coefficient (Wildman–Crippen LogP) is 3.07. The molecule has 0 saturated heterocycles. The first-order valence-electron chi connectivity index (χ1n) is 6.77. The summed E-state index contributed by atoms with van der Waals surface area (Å²) in [7, 11) is 0. The largest absolute Gasteiger partial charge is 0.462 e. The van der Waals surface area contributed by atoms with Gasteiger partial charge in [0.05, 0.1) is 10.7 Å². The lowest BCUT2D eigenvalue weighted by atomic mass is 9.66. The Morgan fingerprint density at radius 1 is 1.50 bits per heavy atom. The Morgan fingerprint density at radius 2 is 2.15 bits per heavy atom. The van der Waals surface area contributed by atoms with Crippen molar-refractivity contribution in [2.24, 2.45) is 5.73 Å². The molecule has 0 amide bonds. The zero-order chi connectivity index (χ0) is 15.2. The van der Waals surface area contributed by atoms with E-state index in [4.69, 9.17) is 17.3 Å². The Bertz CT molecular complexity index is 434. The Hall–Kier alpha value is -1.13. The van der Waals surface area contributed by atoms with Gasteiger partial charge in [-0.05, 0) is 45.7 Å². The maximum atomic E-state index is 9.60. The lowest BCUT2D eigenvalue weighted by Gasteiger charge is -2.40. The predicted molar refractivity (Wildman–Crippen MR) is 80.7 cm³/mol. The van der Waals surface area contributed by atoms with Crippen LogP contribution in [0.25, 0.3) is 0 Å². The smallest absolute Gasteiger partial charge is 0.293 e. The van der Waals surface area contributed by atoms with Crippen molar-refractivity contribution in [1.29, 1.82) is 0 Å². The number of halogens is 1. The second kappa shape index (κ2) is 7.04. The van der Waals surface area contributed by atoms with Gasteiger partial charge in [-0.15, -0.1) is 0 Å². The van der Waals surface area contributed by atoms with Crippen LogP contribution in [0.15, 0.2) is 18.3 Å². The number of pyridine rings is 1. The molecule has 2 rings (SSSR count). The molecule has 1 aliphatic carbocycles. The Balaban J connectivity index is 0.000000246. The van der Waals surface area contributed by atoms with Crippen LogP contribution < -0.4 is 5.73 Å². The second-order valence-corrected chi connectivity index (χ2v) is 6.41. The highest BCUT2D eigenvalue weighted by Gasteiger charge is 2.39. The molecule has 0 radical (unpaired) electrons. The van der Waals surface area contributed by atoms with Crippen LogP contribution >= 0.6 is 11.6 Å². The van der Waals surface area contributed by atoms with Gasteiger partial charge in [-0.1, -0.05) is 18.0 Å². The molecule has 1 fully saturated rings. The molecular formula is C15H23ClN2O2. The number of nitrogens with two attached hydrogens (primary N) is 1. The molecule has 20 heavy (non-hydrogen) atoms. The summed E-state index contributed by atoms with van der Waals surface area (Å²) in [5.41, 5.74) is 6.53. The molecule has 4 nitrogen and oxygen atoms in total. The van der Waals surface area contributed by atoms with Crippen LogP contribution in [0, 0.1) is 0 Å². The van der Waals surface area contributed by atoms with Crippen LogP contribution in [0.5, 0.6) is 0 Å². The second-order valence-electron chi connectivity index (χ2n) is 6.00. The fourth-order valence-electron chi connectivity index (χ4n) is 2.06. The van der Waals surface area contributed by atoms with Gasteiger partial charge in [0.25, 0.3) is 6.47 Å². The molecular weight excluding hydrogens is 276 g/mol. The first-order valence-corrected chi connectivity index (χ1v) is 7.15. The Kier molecular flexibility index (Phi) is 5.96. The monoisotopic (exact) mass is 298 g/mol. The molecule has 112 valence electrons. The summed E-state index contributed by atoms with van der Waals surface area (Å²) in [4.78, 5) is 13.9. The average molecular weight is 299 g/mol. The van der Waals surface area contributed by atoms with Crippen molar-refractivity contribution < 1.29 is 9.53 Å². The third-order valence-electron chi connectivity index (χ3n) is 3.36. The summed E-state index contributed by atoms with van der Waals surface area (Å²) < 4.78 is 4.55. The Morgan fingerprint density at radius 3 is 2.45 bits per heavy atom. The summed E-state index contributed by atoms with van der Waals surface area (Å²) in [6.07, 6.45) is 5.28. The van der Waals surface area contributed by atoms with E-state index in [1.807, 2.05) is 32.9 Å². The fourth-order valence-corrected chi connectivity index (χ4v) is 2.38. The zero-order valence-electron chi connectivity index (χ0n) is 12.4. The Labute approximate surface area is 125 Å². The van der Waals surface area contributed by atoms with Crippen molar-refractivity contribution in [2.45, 2.75) is 51.0 Å². The lowest BCUT2D eigenvalue weighted by molar-refractivity contribution is -0.138. The van der Waals surface area contributed by atoms with Crippen LogP contribution in [0.2, 0.25) is 5.02 Å². The number of ether oxygens (including phenoxy) is 1. The lowest BCUT2D eigenvalue weighted by Crippen LogP contribution is -2.42. The van der Waals surface area contributed by atoms with Crippen LogP contribution in [0.1, 0.15) is 45.7 Å². The molecule has 1 heterocycles. The highest BCUT2D eigenvalue weighted by molar-refractivity contribution is 6.31. The van der Waals surface area contributed by atoms with Crippen molar-refractivity contribution in [3.05, 3.63) is 29.0 Å². The number of carbonyl (C=O) groups excluding carboxylic acids is 1. The summed E-state index contributed by atoms with van der Waals surface area (Å²) >= 11 is 6.08. The molecule has 2 N–H and O–H groups in total. The van der Waals surface area contributed by atoms with Gasteiger partial charge in [-0.3, -0.25) is 9.78 Å². The minimum atomic E-state index is -0.318. The average Bonchev–Trinajstić information content (AvgIpc) is 2.30. The molecule has 1 aromatic heterocycles. The normalized spacial score (nSPS) is 16.4. The summed E-state index contributed by atoms with van der Waals surface area (Å²) in [5.74, 6) is 0. The van der Waals surface area contributed by atoms with E-state index in [1.165, 1.54) is 6.42 Å². The summed E-state index contributed by atoms with van der Waals surface area (Å²) in [5, 5.41) is 0.757. The minimum Gasteiger partial charge on any atom is -0.462 e. The van der Waals surface area contributed by atoms with Gasteiger partial charge in [0.15, 0.2) is 0 Å². The minimum absolute atomic E-state index is 0.0817. The van der Waals surface area contributed by atoms with Gasteiger partial charge in [-0.25, -0.2) is 0 Å². The molecule has 1 aliphatic rings. The third-order valence-corrected chi connectivity index (χ3v) is 3.67. The van der Waals surface area contributed by atoms with Gasteiger partial charge in [-0.2, -0.15) is 0 Å². The molecule has 5 heteroatoms. The van der Waals surface area contributed by atoms with Crippen LogP contribution in [0.3, 0.4) is 0 Å². The van der Waals surface area contributed by atoms with Crippen molar-refractivity contribution in [3.63, 3.8) is 0 Å². The highest BCUT2D eigenvalue weighted by Crippen LogP contribution is 2.44. The van der Waals surface area contributed by atoms with E-state index in [2.05, 4.69) is 9.72 Å². The third kappa shape index (κ3) is 4.46. The van der Waals surface area contributed by atoms with Crippen LogP contribution in [0.4, 0.5) is 0 Å². The molecule has 1 saturated carbocycles. The van der Waals surface area contributed by atoms with Gasteiger partial charge in [0, 0.05) is 18.2 Å². The van der Waals surface area contributed by atoms with Gasteiger partial charge in [0.1, 0.15) is 5.60 Å². The number of rotatable bonds is 3. The molecule has 1 aromatic rings. The number of carbonyl (C=O) groups is 1. The van der Waals surface area contributed by atoms with Crippen molar-refractivity contribution in [3.8, 4) is 0 Å². The van der Waals surface area contributed by atoms with E-state index in [0.29, 0.717) is 13.0 Å². The van der Waals surface area contributed by atoms with Gasteiger partial charge >= 0.3 is 0 Å². The quantitative estimate of drug-likeness (QED) is 0.871. The highest BCUT2D eigenvalue weighted by atomic mass is 35.5. The fraction of sp³-hybridized carbons (Fsp3) is 0.600. The molecule has 0 bridgehead atoms. The summed E-state index contributed by atoms with van der Waals surface area (Å²) in [6, 6.07) is 3.74. The number of hydrogen-bond acceptors (Lipinski definition) is 4. The van der Waals surface area contributed by atoms with Crippen molar-refractivity contribution in [1.82, 2.24) is 4.98 Å². The molecule has 0 spiro atoms. The van der Waals surface area contributed by atoms with E-state index in [-0.39, 0.29) is 11.0 Å². The van der Waals surface area contributed by atoms with Gasteiger partial charge in [0.2, 0.25) is 0 Å². The first kappa shape index (κ1) is 16.9. The van der Waals surface area contributed by atoms with E-state index >= 15 is 0 Å². The van der Waals surface area contributed by atoms with E-state index < -0.39 is 0 Å². The molecule has 0 unspecified atom stereocenters. The maximum Gasteiger partial charge on any atom is 0.293 e. The molecule has 0 atom stereocenters. The topological polar surface area (TPSA) is 65.2 Å². The number of nitrogens with zero attached hydrogens (tertiary/aromatic N) is 1. The number of hydrogen-bond donors (Lipinski definition) is 1. The van der Waals surface area contributed by atoms with E-state index in [1.54, 1.807) is 6.20 Å². The van der Waals surface area contributed by atoms with Crippen LogP contribution in [-0.2, 0) is 14.9 Å². The van der Waals surface area contributed by atoms with Crippen LogP contribution in [-0.4, -0.2) is 23.6 Å². The van der Waals surface area contributed by atoms with E-state index in [0.717, 1.165) is 23.6 Å². The van der Waals surface area contributed by atoms with Gasteiger partial charge < -0.3 is 10.5 Å². The van der Waals surface area contributed by atoms with E-state index in [9.17, 15) is 4.79 Å². The SMILES string of the molecule is CC(C)(C)OC=O.NCC1(c2ncccc2Cl)CCC1. The van der Waals surface area contributed by atoms with Crippen molar-refractivity contribution >= 4 is 18.1 Å². The van der Waals surface area contributed by atoms with Crippen molar-refractivity contribution in [2.75, 3.05) is 6.54 Å². The standard InChI is InChI=1S/C10H13ClN2.C5H10O2/c11-8-3-1-6-13-9(8)10(7-12)4-2-5-10;1-5(2,3)7-4-6/h1,3,6H,2,4-5,7,12H2;4H,1-3H3. The number of aromatic nitrogens is 1. The maximum absolute atomic E-state index is 9.60. The summed E-state index contributed by atoms with van der Waals surface area (Å²) in [6.45, 7) is 6.58. The molecule has 0 aliphatic heterocycles. The first-order chi connectivity index (χ1) is 9.34. The zero-order valence-corrected chi connectivity index (χ0v) is 13.1. The molecule has 0 aromatic carbocycles.